The van der Waals surface area contributed by atoms with Gasteiger partial charge in [0.05, 0.1) is 6.54 Å². The van der Waals surface area contributed by atoms with Crippen LogP contribution in [-0.4, -0.2) is 15.0 Å². The summed E-state index contributed by atoms with van der Waals surface area (Å²) >= 11 is 0. The van der Waals surface area contributed by atoms with E-state index in [4.69, 9.17) is 5.73 Å². The van der Waals surface area contributed by atoms with Crippen LogP contribution in [0.2, 0.25) is 0 Å². The van der Waals surface area contributed by atoms with Crippen molar-refractivity contribution < 1.29 is 4.39 Å². The lowest BCUT2D eigenvalue weighted by Crippen LogP contribution is -2.10. The fourth-order valence-electron chi connectivity index (χ4n) is 1.71. The van der Waals surface area contributed by atoms with E-state index in [0.717, 1.165) is 17.8 Å². The zero-order valence-corrected chi connectivity index (χ0v) is 10.2. The van der Waals surface area contributed by atoms with Gasteiger partial charge in [-0.3, -0.25) is 0 Å². The first-order chi connectivity index (χ1) is 8.67. The summed E-state index contributed by atoms with van der Waals surface area (Å²) < 4.78 is 12.8. The molecule has 0 aliphatic heterocycles. The van der Waals surface area contributed by atoms with Crippen LogP contribution in [0.4, 0.5) is 4.39 Å². The highest BCUT2D eigenvalue weighted by Crippen LogP contribution is 2.06. The van der Waals surface area contributed by atoms with Gasteiger partial charge in [-0.25, -0.2) is 19.3 Å². The van der Waals surface area contributed by atoms with Crippen molar-refractivity contribution in [2.24, 2.45) is 5.73 Å². The molecule has 0 amide bonds. The van der Waals surface area contributed by atoms with Crippen molar-refractivity contribution in [1.29, 1.82) is 0 Å². The van der Waals surface area contributed by atoms with Gasteiger partial charge in [0.15, 0.2) is 0 Å². The van der Waals surface area contributed by atoms with Gasteiger partial charge in [-0.2, -0.15) is 0 Å². The molecule has 5 heteroatoms. The van der Waals surface area contributed by atoms with E-state index in [1.165, 1.54) is 12.1 Å². The summed E-state index contributed by atoms with van der Waals surface area (Å²) in [4.78, 5) is 12.6. The predicted octanol–water partition coefficient (Wildman–Crippen LogP) is 1.56. The van der Waals surface area contributed by atoms with E-state index in [-0.39, 0.29) is 5.82 Å². The molecule has 0 unspecified atom stereocenters. The number of halogens is 1. The zero-order valence-electron chi connectivity index (χ0n) is 10.2. The third-order valence-electron chi connectivity index (χ3n) is 2.57. The first-order valence-electron chi connectivity index (χ1n) is 5.82. The lowest BCUT2D eigenvalue weighted by molar-refractivity contribution is 0.627. The number of benzene rings is 1. The van der Waals surface area contributed by atoms with Gasteiger partial charge >= 0.3 is 0 Å². The highest BCUT2D eigenvalue weighted by atomic mass is 19.1. The highest BCUT2D eigenvalue weighted by Gasteiger charge is 2.03. The smallest absolute Gasteiger partial charge is 0.146 e. The first-order valence-corrected chi connectivity index (χ1v) is 5.82. The number of nitrogens with zero attached hydrogens (tertiary/aromatic N) is 3. The van der Waals surface area contributed by atoms with Gasteiger partial charge in [0.1, 0.15) is 23.3 Å². The quantitative estimate of drug-likeness (QED) is 0.889. The second-order valence-electron chi connectivity index (χ2n) is 4.05. The van der Waals surface area contributed by atoms with Crippen LogP contribution in [0.3, 0.4) is 0 Å². The summed E-state index contributed by atoms with van der Waals surface area (Å²) in [5.41, 5.74) is 6.58. The second-order valence-corrected chi connectivity index (χ2v) is 4.05. The summed E-state index contributed by atoms with van der Waals surface area (Å²) in [7, 11) is 0. The van der Waals surface area contributed by atoms with E-state index in [1.807, 2.05) is 6.92 Å². The molecule has 0 fully saturated rings. The van der Waals surface area contributed by atoms with E-state index in [9.17, 15) is 4.39 Å². The molecule has 1 heterocycles. The molecule has 0 saturated heterocycles. The standard InChI is InChI=1S/C13H15FN4/c1-9-16-12(18-13(8-15)17-9)7-4-10-2-5-11(14)6-3-10/h2-3,5-6H,4,7-8,15H2,1H3. The number of hydrogen-bond acceptors (Lipinski definition) is 4. The molecule has 1 aromatic heterocycles. The highest BCUT2D eigenvalue weighted by molar-refractivity contribution is 5.16. The van der Waals surface area contributed by atoms with Crippen molar-refractivity contribution in [2.45, 2.75) is 26.3 Å². The van der Waals surface area contributed by atoms with Crippen LogP contribution in [0.1, 0.15) is 23.0 Å². The molecule has 2 aromatic rings. The topological polar surface area (TPSA) is 64.7 Å². The van der Waals surface area contributed by atoms with Crippen LogP contribution in [0.5, 0.6) is 0 Å². The van der Waals surface area contributed by atoms with E-state index in [0.29, 0.717) is 24.6 Å². The summed E-state index contributed by atoms with van der Waals surface area (Å²) in [6.45, 7) is 2.13. The maximum Gasteiger partial charge on any atom is 0.146 e. The molecule has 0 saturated carbocycles. The molecule has 2 rings (SSSR count). The molecule has 1 aromatic carbocycles. The third kappa shape index (κ3) is 3.30. The number of aromatic nitrogens is 3. The van der Waals surface area contributed by atoms with E-state index < -0.39 is 0 Å². The fourth-order valence-corrected chi connectivity index (χ4v) is 1.71. The van der Waals surface area contributed by atoms with Crippen molar-refractivity contribution in [3.63, 3.8) is 0 Å². The Morgan fingerprint density at radius 3 is 2.33 bits per heavy atom. The Morgan fingerprint density at radius 2 is 1.67 bits per heavy atom. The van der Waals surface area contributed by atoms with Crippen LogP contribution in [0.25, 0.3) is 0 Å². The molecule has 18 heavy (non-hydrogen) atoms. The summed E-state index contributed by atoms with van der Waals surface area (Å²) in [5, 5.41) is 0. The molecule has 94 valence electrons. The number of aryl methyl sites for hydroxylation is 3. The Labute approximate surface area is 105 Å². The van der Waals surface area contributed by atoms with Crippen molar-refractivity contribution in [2.75, 3.05) is 0 Å². The monoisotopic (exact) mass is 246 g/mol. The van der Waals surface area contributed by atoms with E-state index in [1.54, 1.807) is 12.1 Å². The summed E-state index contributed by atoms with van der Waals surface area (Å²) in [6.07, 6.45) is 1.47. The van der Waals surface area contributed by atoms with Crippen LogP contribution in [0.15, 0.2) is 24.3 Å². The van der Waals surface area contributed by atoms with Gasteiger partial charge in [-0.05, 0) is 31.0 Å². The third-order valence-corrected chi connectivity index (χ3v) is 2.57. The second kappa shape index (κ2) is 5.64. The van der Waals surface area contributed by atoms with Gasteiger partial charge in [0.2, 0.25) is 0 Å². The van der Waals surface area contributed by atoms with Crippen molar-refractivity contribution in [3.05, 3.63) is 53.1 Å². The van der Waals surface area contributed by atoms with E-state index in [2.05, 4.69) is 15.0 Å². The van der Waals surface area contributed by atoms with Crippen LogP contribution < -0.4 is 5.73 Å². The number of nitrogens with two attached hydrogens (primary N) is 1. The molecule has 2 N–H and O–H groups in total. The molecule has 0 radical (unpaired) electrons. The van der Waals surface area contributed by atoms with Gasteiger partial charge in [0.25, 0.3) is 0 Å². The van der Waals surface area contributed by atoms with Gasteiger partial charge < -0.3 is 5.73 Å². The number of rotatable bonds is 4. The molecular weight excluding hydrogens is 231 g/mol. The Hall–Kier alpha value is -1.88. The molecule has 4 nitrogen and oxygen atoms in total. The summed E-state index contributed by atoms with van der Waals surface area (Å²) in [6, 6.07) is 6.46. The Morgan fingerprint density at radius 1 is 1.00 bits per heavy atom. The minimum Gasteiger partial charge on any atom is -0.324 e. The fraction of sp³-hybridized carbons (Fsp3) is 0.308. The molecule has 0 spiro atoms. The molecule has 0 atom stereocenters. The van der Waals surface area contributed by atoms with E-state index >= 15 is 0 Å². The Kier molecular flexibility index (Phi) is 3.94. The molecular formula is C13H15FN4. The lowest BCUT2D eigenvalue weighted by Gasteiger charge is -2.04. The molecule has 0 aliphatic carbocycles. The largest absolute Gasteiger partial charge is 0.324 e. The average Bonchev–Trinajstić information content (AvgIpc) is 2.37. The van der Waals surface area contributed by atoms with Crippen LogP contribution in [0, 0.1) is 12.7 Å². The Balaban J connectivity index is 2.05. The normalized spacial score (nSPS) is 10.6. The lowest BCUT2D eigenvalue weighted by atomic mass is 10.1. The van der Waals surface area contributed by atoms with Gasteiger partial charge in [0, 0.05) is 6.42 Å². The molecule has 0 aliphatic rings. The molecule has 0 bridgehead atoms. The predicted molar refractivity (Wildman–Crippen MR) is 66.3 cm³/mol. The van der Waals surface area contributed by atoms with Gasteiger partial charge in [-0.15, -0.1) is 0 Å². The van der Waals surface area contributed by atoms with Crippen molar-refractivity contribution >= 4 is 0 Å². The summed E-state index contributed by atoms with van der Waals surface area (Å²) in [5.74, 6) is 1.80. The first kappa shape index (κ1) is 12.6. The van der Waals surface area contributed by atoms with Crippen molar-refractivity contribution in [3.8, 4) is 0 Å². The maximum atomic E-state index is 12.8. The zero-order chi connectivity index (χ0) is 13.0. The maximum absolute atomic E-state index is 12.8. The SMILES string of the molecule is Cc1nc(CN)nc(CCc2ccc(F)cc2)n1. The van der Waals surface area contributed by atoms with Crippen LogP contribution in [-0.2, 0) is 19.4 Å². The number of hydrogen-bond donors (Lipinski definition) is 1. The van der Waals surface area contributed by atoms with Crippen molar-refractivity contribution in [1.82, 2.24) is 15.0 Å². The van der Waals surface area contributed by atoms with Gasteiger partial charge in [-0.1, -0.05) is 12.1 Å². The van der Waals surface area contributed by atoms with Crippen LogP contribution >= 0.6 is 0 Å². The Bertz CT molecular complexity index is 525. The minimum atomic E-state index is -0.222. The minimum absolute atomic E-state index is 0.222. The average molecular weight is 246 g/mol.